The van der Waals surface area contributed by atoms with Gasteiger partial charge in [0.05, 0.1) is 23.4 Å². The molecule has 142 valence electrons. The maximum absolute atomic E-state index is 12.2. The summed E-state index contributed by atoms with van der Waals surface area (Å²) in [6, 6.07) is 14.1. The minimum Gasteiger partial charge on any atom is -0.462 e. The number of carbonyl (C=O) groups is 2. The lowest BCUT2D eigenvalue weighted by molar-refractivity contribution is 0.0527. The highest BCUT2D eigenvalue weighted by Gasteiger charge is 2.12. The van der Waals surface area contributed by atoms with E-state index in [1.54, 1.807) is 49.6 Å². The first-order chi connectivity index (χ1) is 13.7. The highest BCUT2D eigenvalue weighted by atomic mass is 16.5. The quantitative estimate of drug-likeness (QED) is 0.615. The van der Waals surface area contributed by atoms with Gasteiger partial charge in [0.15, 0.2) is 0 Å². The monoisotopic (exact) mass is 376 g/mol. The summed E-state index contributed by atoms with van der Waals surface area (Å²) in [6.07, 6.45) is 4.86. The van der Waals surface area contributed by atoms with E-state index < -0.39 is 5.97 Å². The van der Waals surface area contributed by atoms with Gasteiger partial charge in [-0.3, -0.25) is 9.78 Å². The first-order valence-corrected chi connectivity index (χ1v) is 8.83. The third kappa shape index (κ3) is 4.91. The van der Waals surface area contributed by atoms with Gasteiger partial charge in [-0.15, -0.1) is 0 Å². The fraction of sp³-hybridized carbons (Fsp3) is 0.143. The first kappa shape index (κ1) is 19.0. The average molecular weight is 376 g/mol. The first-order valence-electron chi connectivity index (χ1n) is 8.83. The zero-order chi connectivity index (χ0) is 19.8. The Balaban J connectivity index is 1.65. The topological polar surface area (TPSA) is 93.2 Å². The number of amides is 1. The van der Waals surface area contributed by atoms with Gasteiger partial charge in [0, 0.05) is 25.1 Å². The molecule has 0 aliphatic rings. The van der Waals surface area contributed by atoms with Crippen LogP contribution >= 0.6 is 0 Å². The second kappa shape index (κ2) is 9.27. The number of nitrogens with zero attached hydrogens (tertiary/aromatic N) is 2. The van der Waals surface area contributed by atoms with E-state index in [9.17, 15) is 9.59 Å². The molecule has 2 aromatic heterocycles. The van der Waals surface area contributed by atoms with E-state index in [2.05, 4.69) is 20.6 Å². The van der Waals surface area contributed by atoms with Crippen LogP contribution in [0.5, 0.6) is 0 Å². The summed E-state index contributed by atoms with van der Waals surface area (Å²) < 4.78 is 5.06. The van der Waals surface area contributed by atoms with Crippen LogP contribution in [0.2, 0.25) is 0 Å². The summed E-state index contributed by atoms with van der Waals surface area (Å²) in [5, 5.41) is 5.91. The Morgan fingerprint density at radius 3 is 2.61 bits per heavy atom. The van der Waals surface area contributed by atoms with Crippen molar-refractivity contribution in [3.63, 3.8) is 0 Å². The van der Waals surface area contributed by atoms with Gasteiger partial charge in [-0.1, -0.05) is 18.2 Å². The number of hydrogen-bond acceptors (Lipinski definition) is 6. The van der Waals surface area contributed by atoms with E-state index >= 15 is 0 Å². The van der Waals surface area contributed by atoms with Crippen molar-refractivity contribution in [1.82, 2.24) is 15.3 Å². The zero-order valence-electron chi connectivity index (χ0n) is 15.4. The number of benzene rings is 1. The highest BCUT2D eigenvalue weighted by molar-refractivity contribution is 5.96. The van der Waals surface area contributed by atoms with E-state index in [0.717, 1.165) is 5.56 Å². The molecule has 2 N–H and O–H groups in total. The van der Waals surface area contributed by atoms with Gasteiger partial charge >= 0.3 is 5.97 Å². The van der Waals surface area contributed by atoms with Crippen LogP contribution in [0, 0.1) is 0 Å². The Morgan fingerprint density at radius 2 is 1.89 bits per heavy atom. The van der Waals surface area contributed by atoms with Gasteiger partial charge in [-0.25, -0.2) is 9.78 Å². The Hall–Kier alpha value is -3.74. The maximum Gasteiger partial charge on any atom is 0.340 e. The van der Waals surface area contributed by atoms with Crippen molar-refractivity contribution in [2.45, 2.75) is 13.5 Å². The molecule has 28 heavy (non-hydrogen) atoms. The Kier molecular flexibility index (Phi) is 6.30. The predicted molar refractivity (Wildman–Crippen MR) is 105 cm³/mol. The molecule has 0 fully saturated rings. The summed E-state index contributed by atoms with van der Waals surface area (Å²) in [5.41, 5.74) is 2.36. The van der Waals surface area contributed by atoms with Crippen molar-refractivity contribution >= 4 is 23.4 Å². The Labute approximate surface area is 162 Å². The molecule has 7 nitrogen and oxygen atoms in total. The molecule has 2 heterocycles. The van der Waals surface area contributed by atoms with Crippen LogP contribution in [0.15, 0.2) is 67.1 Å². The molecule has 7 heteroatoms. The van der Waals surface area contributed by atoms with Gasteiger partial charge in [-0.05, 0) is 42.8 Å². The molecule has 1 aromatic carbocycles. The van der Waals surface area contributed by atoms with E-state index in [4.69, 9.17) is 4.74 Å². The predicted octanol–water partition coefficient (Wildman–Crippen LogP) is 3.33. The lowest BCUT2D eigenvalue weighted by atomic mass is 10.1. The summed E-state index contributed by atoms with van der Waals surface area (Å²) in [6.45, 7) is 2.45. The number of pyridine rings is 2. The fourth-order valence-electron chi connectivity index (χ4n) is 2.51. The molecule has 0 saturated carbocycles. The fourth-order valence-corrected chi connectivity index (χ4v) is 2.51. The van der Waals surface area contributed by atoms with Gasteiger partial charge in [-0.2, -0.15) is 0 Å². The number of rotatable bonds is 7. The third-order valence-electron chi connectivity index (χ3n) is 3.89. The maximum atomic E-state index is 12.2. The number of anilines is 2. The second-order valence-corrected chi connectivity index (χ2v) is 5.87. The second-order valence-electron chi connectivity index (χ2n) is 5.87. The van der Waals surface area contributed by atoms with Crippen molar-refractivity contribution in [3.05, 3.63) is 83.8 Å². The smallest absolute Gasteiger partial charge is 0.340 e. The van der Waals surface area contributed by atoms with Crippen LogP contribution in [0.25, 0.3) is 0 Å². The summed E-state index contributed by atoms with van der Waals surface area (Å²) in [5.74, 6) is -0.118. The van der Waals surface area contributed by atoms with Crippen LogP contribution in [0.3, 0.4) is 0 Å². The van der Waals surface area contributed by atoms with Crippen LogP contribution in [-0.4, -0.2) is 28.5 Å². The highest BCUT2D eigenvalue weighted by Crippen LogP contribution is 2.20. The van der Waals surface area contributed by atoms with Crippen LogP contribution in [-0.2, 0) is 11.3 Å². The van der Waals surface area contributed by atoms with E-state index in [1.807, 2.05) is 18.2 Å². The van der Waals surface area contributed by atoms with Gasteiger partial charge in [0.1, 0.15) is 5.82 Å². The minimum atomic E-state index is -0.406. The molecule has 0 spiro atoms. The lowest BCUT2D eigenvalue weighted by Gasteiger charge is -2.11. The minimum absolute atomic E-state index is 0.227. The number of carbonyl (C=O) groups excluding carboxylic acids is 2. The summed E-state index contributed by atoms with van der Waals surface area (Å²) >= 11 is 0. The number of nitrogens with one attached hydrogen (secondary N) is 2. The van der Waals surface area contributed by atoms with Crippen LogP contribution in [0.4, 0.5) is 11.5 Å². The third-order valence-corrected chi connectivity index (χ3v) is 3.89. The Bertz CT molecular complexity index is 943. The van der Waals surface area contributed by atoms with E-state index in [0.29, 0.717) is 35.8 Å². The molecular formula is C21H20N4O3. The molecule has 0 saturated heterocycles. The van der Waals surface area contributed by atoms with Crippen LogP contribution in [0.1, 0.15) is 33.2 Å². The standard InChI is InChI=1S/C21H20N4O3/c1-2-28-21(27)17-7-3-4-8-18(17)25-19-10-9-16(14-23-19)20(26)24-13-15-6-5-11-22-12-15/h3-12,14H,2,13H2,1H3,(H,23,25)(H,24,26). The SMILES string of the molecule is CCOC(=O)c1ccccc1Nc1ccc(C(=O)NCc2cccnc2)cn1. The number of aromatic nitrogens is 2. The van der Waals surface area contributed by atoms with Crippen molar-refractivity contribution in [1.29, 1.82) is 0 Å². The molecule has 0 aliphatic heterocycles. The number of esters is 1. The normalized spacial score (nSPS) is 10.2. The number of hydrogen-bond donors (Lipinski definition) is 2. The van der Waals surface area contributed by atoms with Crippen molar-refractivity contribution < 1.29 is 14.3 Å². The van der Waals surface area contributed by atoms with E-state index in [1.165, 1.54) is 6.20 Å². The zero-order valence-corrected chi connectivity index (χ0v) is 15.4. The molecular weight excluding hydrogens is 356 g/mol. The molecule has 0 radical (unpaired) electrons. The van der Waals surface area contributed by atoms with Gasteiger partial charge < -0.3 is 15.4 Å². The largest absolute Gasteiger partial charge is 0.462 e. The molecule has 0 bridgehead atoms. The van der Waals surface area contributed by atoms with Crippen molar-refractivity contribution in [2.75, 3.05) is 11.9 Å². The average Bonchev–Trinajstić information content (AvgIpc) is 2.74. The molecule has 0 aliphatic carbocycles. The van der Waals surface area contributed by atoms with Crippen molar-refractivity contribution in [3.8, 4) is 0 Å². The summed E-state index contributed by atoms with van der Waals surface area (Å²) in [4.78, 5) is 32.6. The van der Waals surface area contributed by atoms with Gasteiger partial charge in [0.2, 0.25) is 0 Å². The number of ether oxygens (including phenoxy) is 1. The molecule has 1 amide bonds. The number of para-hydroxylation sites is 1. The molecule has 0 atom stereocenters. The molecule has 3 aromatic rings. The van der Waals surface area contributed by atoms with Gasteiger partial charge in [0.25, 0.3) is 5.91 Å². The molecule has 3 rings (SSSR count). The Morgan fingerprint density at radius 1 is 1.04 bits per heavy atom. The van der Waals surface area contributed by atoms with Crippen LogP contribution < -0.4 is 10.6 Å². The molecule has 0 unspecified atom stereocenters. The van der Waals surface area contributed by atoms with E-state index in [-0.39, 0.29) is 5.91 Å². The lowest BCUT2D eigenvalue weighted by Crippen LogP contribution is -2.23. The summed E-state index contributed by atoms with van der Waals surface area (Å²) in [7, 11) is 0. The van der Waals surface area contributed by atoms with Crippen molar-refractivity contribution in [2.24, 2.45) is 0 Å².